The Kier molecular flexibility index (Phi) is 4.56. The molecule has 110 valence electrons. The van der Waals surface area contributed by atoms with Gasteiger partial charge >= 0.3 is 0 Å². The number of piperidine rings is 1. The highest BCUT2D eigenvalue weighted by molar-refractivity contribution is 7.09. The van der Waals surface area contributed by atoms with Crippen LogP contribution in [0, 0.1) is 0 Å². The third-order valence-corrected chi connectivity index (χ3v) is 5.06. The van der Waals surface area contributed by atoms with E-state index in [-0.39, 0.29) is 11.7 Å². The van der Waals surface area contributed by atoms with E-state index in [0.29, 0.717) is 6.61 Å². The molecule has 2 fully saturated rings. The second-order valence-electron chi connectivity index (χ2n) is 5.84. The largest absolute Gasteiger partial charge is 0.372 e. The van der Waals surface area contributed by atoms with Crippen LogP contribution in [0.25, 0.3) is 0 Å². The van der Waals surface area contributed by atoms with Crippen LogP contribution in [-0.2, 0) is 16.0 Å². The Morgan fingerprint density at radius 1 is 1.60 bits per heavy atom. The van der Waals surface area contributed by atoms with E-state index in [1.165, 1.54) is 24.3 Å². The molecule has 0 radical (unpaired) electrons. The normalized spacial score (nSPS) is 30.9. The third-order valence-electron chi connectivity index (χ3n) is 4.20. The van der Waals surface area contributed by atoms with Gasteiger partial charge in [0.25, 0.3) is 0 Å². The molecule has 3 rings (SSSR count). The van der Waals surface area contributed by atoms with Crippen molar-refractivity contribution in [1.29, 1.82) is 0 Å². The number of ether oxygens (including phenoxy) is 2. The van der Waals surface area contributed by atoms with E-state index in [4.69, 9.17) is 9.47 Å². The van der Waals surface area contributed by atoms with Gasteiger partial charge < -0.3 is 9.47 Å². The van der Waals surface area contributed by atoms with Gasteiger partial charge in [-0.05, 0) is 30.8 Å². The quantitative estimate of drug-likeness (QED) is 0.779. The minimum absolute atomic E-state index is 0.0291. The van der Waals surface area contributed by atoms with Crippen molar-refractivity contribution >= 4 is 11.3 Å². The van der Waals surface area contributed by atoms with E-state index >= 15 is 0 Å². The SMILES string of the molecule is C=CCO[C@@H]1CO[C@]2(CCCN(Cc3cccs3)C2)C1. The molecule has 0 unspecified atom stereocenters. The Morgan fingerprint density at radius 3 is 3.35 bits per heavy atom. The fourth-order valence-corrected chi connectivity index (χ4v) is 4.09. The van der Waals surface area contributed by atoms with Gasteiger partial charge in [0, 0.05) is 24.4 Å². The lowest BCUT2D eigenvalue weighted by atomic mass is 9.89. The Morgan fingerprint density at radius 2 is 2.55 bits per heavy atom. The zero-order valence-electron chi connectivity index (χ0n) is 11.9. The van der Waals surface area contributed by atoms with E-state index in [0.717, 1.165) is 26.1 Å². The van der Waals surface area contributed by atoms with Crippen molar-refractivity contribution in [2.24, 2.45) is 0 Å². The molecule has 3 heterocycles. The van der Waals surface area contributed by atoms with Crippen molar-refractivity contribution < 1.29 is 9.47 Å². The van der Waals surface area contributed by atoms with Crippen LogP contribution in [0.4, 0.5) is 0 Å². The summed E-state index contributed by atoms with van der Waals surface area (Å²) in [5, 5.41) is 2.15. The first-order valence-corrected chi connectivity index (χ1v) is 8.29. The van der Waals surface area contributed by atoms with E-state index in [1.54, 1.807) is 0 Å². The summed E-state index contributed by atoms with van der Waals surface area (Å²) >= 11 is 1.84. The van der Waals surface area contributed by atoms with E-state index in [2.05, 4.69) is 29.0 Å². The molecular weight excluding hydrogens is 270 g/mol. The van der Waals surface area contributed by atoms with Crippen molar-refractivity contribution in [2.75, 3.05) is 26.3 Å². The summed E-state index contributed by atoms with van der Waals surface area (Å²) in [5.74, 6) is 0. The molecule has 1 spiro atoms. The van der Waals surface area contributed by atoms with Crippen LogP contribution in [0.2, 0.25) is 0 Å². The van der Waals surface area contributed by atoms with Gasteiger partial charge in [-0.1, -0.05) is 12.1 Å². The predicted molar refractivity (Wildman–Crippen MR) is 82.1 cm³/mol. The minimum atomic E-state index is 0.0291. The van der Waals surface area contributed by atoms with Crippen molar-refractivity contribution in [2.45, 2.75) is 37.5 Å². The van der Waals surface area contributed by atoms with Gasteiger partial charge in [-0.25, -0.2) is 0 Å². The molecule has 3 nitrogen and oxygen atoms in total. The van der Waals surface area contributed by atoms with E-state index in [1.807, 2.05) is 17.4 Å². The Labute approximate surface area is 125 Å². The molecule has 1 aromatic heterocycles. The summed E-state index contributed by atoms with van der Waals surface area (Å²) < 4.78 is 11.9. The molecule has 2 saturated heterocycles. The summed E-state index contributed by atoms with van der Waals surface area (Å²) in [6.07, 6.45) is 5.48. The zero-order chi connectivity index (χ0) is 13.8. The number of nitrogens with zero attached hydrogens (tertiary/aromatic N) is 1. The molecule has 20 heavy (non-hydrogen) atoms. The van der Waals surface area contributed by atoms with Gasteiger partial charge in [-0.3, -0.25) is 4.90 Å². The second kappa shape index (κ2) is 6.39. The number of likely N-dealkylation sites (tertiary alicyclic amines) is 1. The molecule has 0 aliphatic carbocycles. The second-order valence-corrected chi connectivity index (χ2v) is 6.87. The molecule has 2 atom stereocenters. The van der Waals surface area contributed by atoms with Crippen molar-refractivity contribution in [3.8, 4) is 0 Å². The summed E-state index contributed by atoms with van der Waals surface area (Å²) in [4.78, 5) is 3.98. The maximum Gasteiger partial charge on any atom is 0.0841 e. The highest BCUT2D eigenvalue weighted by atomic mass is 32.1. The fraction of sp³-hybridized carbons (Fsp3) is 0.625. The zero-order valence-corrected chi connectivity index (χ0v) is 12.7. The number of hydrogen-bond donors (Lipinski definition) is 0. The van der Waals surface area contributed by atoms with Crippen LogP contribution in [-0.4, -0.2) is 42.9 Å². The molecule has 0 amide bonds. The van der Waals surface area contributed by atoms with Crippen LogP contribution >= 0.6 is 11.3 Å². The summed E-state index contributed by atoms with van der Waals surface area (Å²) in [7, 11) is 0. The first kappa shape index (κ1) is 14.3. The van der Waals surface area contributed by atoms with E-state index in [9.17, 15) is 0 Å². The standard InChI is InChI=1S/C16H23NO2S/c1-2-8-18-14-10-16(19-12-14)6-4-7-17(13-16)11-15-5-3-9-20-15/h2-3,5,9,14H,1,4,6-8,10-13H2/t14-,16+/m0/s1. The fourth-order valence-electron chi connectivity index (χ4n) is 3.35. The first-order chi connectivity index (χ1) is 9.80. The van der Waals surface area contributed by atoms with Gasteiger partial charge in [0.05, 0.1) is 24.9 Å². The molecule has 0 N–H and O–H groups in total. The maximum atomic E-state index is 6.14. The first-order valence-electron chi connectivity index (χ1n) is 7.41. The summed E-state index contributed by atoms with van der Waals surface area (Å²) in [6.45, 7) is 8.35. The van der Waals surface area contributed by atoms with Crippen molar-refractivity contribution in [1.82, 2.24) is 4.90 Å². The van der Waals surface area contributed by atoms with Crippen molar-refractivity contribution in [3.63, 3.8) is 0 Å². The van der Waals surface area contributed by atoms with Gasteiger partial charge in [0.2, 0.25) is 0 Å². The molecule has 0 saturated carbocycles. The van der Waals surface area contributed by atoms with Gasteiger partial charge in [-0.2, -0.15) is 0 Å². The lowest BCUT2D eigenvalue weighted by molar-refractivity contribution is -0.0542. The lowest BCUT2D eigenvalue weighted by Crippen LogP contribution is -2.47. The number of thiophene rings is 1. The van der Waals surface area contributed by atoms with Crippen LogP contribution in [0.1, 0.15) is 24.1 Å². The Balaban J connectivity index is 1.56. The van der Waals surface area contributed by atoms with Crippen LogP contribution in [0.5, 0.6) is 0 Å². The summed E-state index contributed by atoms with van der Waals surface area (Å²) in [6, 6.07) is 4.35. The maximum absolute atomic E-state index is 6.14. The molecule has 4 heteroatoms. The van der Waals surface area contributed by atoms with Crippen molar-refractivity contribution in [3.05, 3.63) is 35.0 Å². The predicted octanol–water partition coefficient (Wildman–Crippen LogP) is 3.07. The monoisotopic (exact) mass is 293 g/mol. The lowest BCUT2D eigenvalue weighted by Gasteiger charge is -2.39. The highest BCUT2D eigenvalue weighted by Gasteiger charge is 2.43. The van der Waals surface area contributed by atoms with Crippen LogP contribution < -0.4 is 0 Å². The van der Waals surface area contributed by atoms with E-state index < -0.39 is 0 Å². The molecule has 0 aromatic carbocycles. The number of hydrogen-bond acceptors (Lipinski definition) is 4. The summed E-state index contributed by atoms with van der Waals surface area (Å²) in [5.41, 5.74) is 0.0291. The Bertz CT molecular complexity index is 434. The van der Waals surface area contributed by atoms with Crippen LogP contribution in [0.15, 0.2) is 30.2 Å². The highest BCUT2D eigenvalue weighted by Crippen LogP contribution is 2.36. The molecule has 1 aromatic rings. The van der Waals surface area contributed by atoms with Gasteiger partial charge in [-0.15, -0.1) is 17.9 Å². The minimum Gasteiger partial charge on any atom is -0.372 e. The molecule has 2 aliphatic heterocycles. The van der Waals surface area contributed by atoms with Gasteiger partial charge in [0.1, 0.15) is 0 Å². The van der Waals surface area contributed by atoms with Crippen LogP contribution in [0.3, 0.4) is 0 Å². The number of rotatable bonds is 5. The molecule has 0 bridgehead atoms. The average molecular weight is 293 g/mol. The molecular formula is C16H23NO2S. The topological polar surface area (TPSA) is 21.7 Å². The van der Waals surface area contributed by atoms with Gasteiger partial charge in [0.15, 0.2) is 0 Å². The molecule has 2 aliphatic rings. The third kappa shape index (κ3) is 3.31. The Hall–Kier alpha value is -0.680. The smallest absolute Gasteiger partial charge is 0.0841 e. The average Bonchev–Trinajstić information content (AvgIpc) is 3.07.